The first-order chi connectivity index (χ1) is 9.61. The number of carbonyl (C=O) groups excluding carboxylic acids is 1. The summed E-state index contributed by atoms with van der Waals surface area (Å²) in [6.07, 6.45) is 0. The largest absolute Gasteiger partial charge is 0.398 e. The van der Waals surface area contributed by atoms with Gasteiger partial charge in [-0.3, -0.25) is 4.79 Å². The van der Waals surface area contributed by atoms with Gasteiger partial charge in [-0.2, -0.15) is 0 Å². The summed E-state index contributed by atoms with van der Waals surface area (Å²) in [5, 5.41) is 12.2. The molecule has 0 fully saturated rings. The molecule has 2 rings (SSSR count). The number of nitrogen functional groups attached to an aromatic ring is 1. The summed E-state index contributed by atoms with van der Waals surface area (Å²) >= 11 is 3.31. The van der Waals surface area contributed by atoms with E-state index in [1.165, 1.54) is 0 Å². The fraction of sp³-hybridized carbons (Fsp3) is 0.133. The molecular formula is C15H15BrN2O2. The van der Waals surface area contributed by atoms with Crippen molar-refractivity contribution in [3.05, 3.63) is 64.1 Å². The van der Waals surface area contributed by atoms with Crippen LogP contribution in [0.3, 0.4) is 0 Å². The predicted molar refractivity (Wildman–Crippen MR) is 82.3 cm³/mol. The summed E-state index contributed by atoms with van der Waals surface area (Å²) in [5.41, 5.74) is 7.43. The lowest BCUT2D eigenvalue weighted by atomic mass is 10.1. The van der Waals surface area contributed by atoms with Gasteiger partial charge in [0.15, 0.2) is 0 Å². The lowest BCUT2D eigenvalue weighted by Crippen LogP contribution is -2.31. The molecule has 0 aliphatic heterocycles. The highest BCUT2D eigenvalue weighted by atomic mass is 79.9. The van der Waals surface area contributed by atoms with Gasteiger partial charge in [-0.15, -0.1) is 0 Å². The highest BCUT2D eigenvalue weighted by Crippen LogP contribution is 2.20. The van der Waals surface area contributed by atoms with Crippen LogP contribution in [0.2, 0.25) is 0 Å². The van der Waals surface area contributed by atoms with Gasteiger partial charge >= 0.3 is 0 Å². The molecule has 0 saturated carbocycles. The van der Waals surface area contributed by atoms with Crippen LogP contribution in [0.25, 0.3) is 0 Å². The summed E-state index contributed by atoms with van der Waals surface area (Å²) in [5.74, 6) is -0.313. The third-order valence-electron chi connectivity index (χ3n) is 2.95. The maximum Gasteiger partial charge on any atom is 0.253 e. The Labute approximate surface area is 125 Å². The number of aliphatic hydroxyl groups is 1. The van der Waals surface area contributed by atoms with Crippen LogP contribution in [0, 0.1) is 0 Å². The zero-order valence-corrected chi connectivity index (χ0v) is 12.3. The monoisotopic (exact) mass is 334 g/mol. The first kappa shape index (κ1) is 14.6. The van der Waals surface area contributed by atoms with Crippen LogP contribution in [0.5, 0.6) is 0 Å². The van der Waals surface area contributed by atoms with Crippen LogP contribution in [0.15, 0.2) is 53.0 Å². The van der Waals surface area contributed by atoms with Crippen LogP contribution in [0.4, 0.5) is 5.69 Å². The van der Waals surface area contributed by atoms with E-state index in [1.807, 2.05) is 30.3 Å². The van der Waals surface area contributed by atoms with Gasteiger partial charge < -0.3 is 16.2 Å². The second-order valence-corrected chi connectivity index (χ2v) is 5.27. The van der Waals surface area contributed by atoms with Crippen molar-refractivity contribution in [3.63, 3.8) is 0 Å². The number of halogens is 1. The number of hydrogen-bond acceptors (Lipinski definition) is 3. The number of aliphatic hydroxyl groups excluding tert-OH is 1. The molecule has 104 valence electrons. The third-order valence-corrected chi connectivity index (χ3v) is 3.44. The summed E-state index contributed by atoms with van der Waals surface area (Å²) in [6.45, 7) is -0.177. The molecule has 0 unspecified atom stereocenters. The van der Waals surface area contributed by atoms with Crippen molar-refractivity contribution in [2.45, 2.75) is 6.04 Å². The predicted octanol–water partition coefficient (Wildman–Crippen LogP) is 2.49. The van der Waals surface area contributed by atoms with Crippen molar-refractivity contribution in [3.8, 4) is 0 Å². The van der Waals surface area contributed by atoms with E-state index in [0.29, 0.717) is 11.3 Å². The van der Waals surface area contributed by atoms with Crippen molar-refractivity contribution in [2.75, 3.05) is 12.3 Å². The standard InChI is InChI=1S/C15H15BrN2O2/c16-11-6-7-13(17)12(8-11)15(20)18-14(9-19)10-4-2-1-3-5-10/h1-8,14,19H,9,17H2,(H,18,20)/t14-/m0/s1. The molecule has 1 atom stereocenters. The number of rotatable bonds is 4. The van der Waals surface area contributed by atoms with Gasteiger partial charge in [0.2, 0.25) is 0 Å². The summed E-state index contributed by atoms with van der Waals surface area (Å²) < 4.78 is 0.775. The summed E-state index contributed by atoms with van der Waals surface area (Å²) in [6, 6.07) is 13.9. The van der Waals surface area contributed by atoms with Crippen molar-refractivity contribution in [2.24, 2.45) is 0 Å². The highest BCUT2D eigenvalue weighted by molar-refractivity contribution is 9.10. The maximum absolute atomic E-state index is 12.2. The van der Waals surface area contributed by atoms with Gasteiger partial charge in [0.25, 0.3) is 5.91 Å². The van der Waals surface area contributed by atoms with Crippen molar-refractivity contribution < 1.29 is 9.90 Å². The lowest BCUT2D eigenvalue weighted by Gasteiger charge is -2.17. The summed E-state index contributed by atoms with van der Waals surface area (Å²) in [4.78, 5) is 12.2. The molecule has 1 amide bonds. The number of nitrogens with one attached hydrogen (secondary N) is 1. The van der Waals surface area contributed by atoms with E-state index in [0.717, 1.165) is 10.0 Å². The molecule has 2 aromatic rings. The Hall–Kier alpha value is -1.85. The topological polar surface area (TPSA) is 75.4 Å². The van der Waals surface area contributed by atoms with E-state index in [2.05, 4.69) is 21.2 Å². The number of anilines is 1. The number of nitrogens with two attached hydrogens (primary N) is 1. The number of benzene rings is 2. The molecule has 5 heteroatoms. The van der Waals surface area contributed by atoms with Gasteiger partial charge in [0.05, 0.1) is 18.2 Å². The van der Waals surface area contributed by atoms with E-state index < -0.39 is 6.04 Å². The van der Waals surface area contributed by atoms with Crippen LogP contribution >= 0.6 is 15.9 Å². The quantitative estimate of drug-likeness (QED) is 0.752. The van der Waals surface area contributed by atoms with Crippen molar-refractivity contribution in [1.29, 1.82) is 0 Å². The fourth-order valence-electron chi connectivity index (χ4n) is 1.88. The molecule has 0 radical (unpaired) electrons. The minimum atomic E-state index is -0.456. The second kappa shape index (κ2) is 6.54. The average molecular weight is 335 g/mol. The van der Waals surface area contributed by atoms with E-state index >= 15 is 0 Å². The van der Waals surface area contributed by atoms with E-state index in [-0.39, 0.29) is 12.5 Å². The Morgan fingerprint density at radius 2 is 1.95 bits per heavy atom. The Balaban J connectivity index is 2.20. The average Bonchev–Trinajstić information content (AvgIpc) is 2.48. The van der Waals surface area contributed by atoms with Crippen LogP contribution in [0.1, 0.15) is 22.0 Å². The third kappa shape index (κ3) is 3.37. The molecular weight excluding hydrogens is 320 g/mol. The van der Waals surface area contributed by atoms with E-state index in [1.54, 1.807) is 18.2 Å². The lowest BCUT2D eigenvalue weighted by molar-refractivity contribution is 0.0917. The van der Waals surface area contributed by atoms with Crippen LogP contribution < -0.4 is 11.1 Å². The zero-order chi connectivity index (χ0) is 14.5. The molecule has 20 heavy (non-hydrogen) atoms. The first-order valence-electron chi connectivity index (χ1n) is 6.13. The number of amides is 1. The Morgan fingerprint density at radius 1 is 1.25 bits per heavy atom. The molecule has 0 aliphatic carbocycles. The van der Waals surface area contributed by atoms with E-state index in [9.17, 15) is 9.90 Å². The van der Waals surface area contributed by atoms with Gasteiger partial charge in [0, 0.05) is 10.2 Å². The minimum absolute atomic E-state index is 0.177. The highest BCUT2D eigenvalue weighted by Gasteiger charge is 2.16. The maximum atomic E-state index is 12.2. The Kier molecular flexibility index (Phi) is 4.76. The molecule has 4 nitrogen and oxygen atoms in total. The number of carbonyl (C=O) groups is 1. The Bertz CT molecular complexity index is 602. The van der Waals surface area contributed by atoms with Crippen LogP contribution in [-0.4, -0.2) is 17.6 Å². The molecule has 0 spiro atoms. The smallest absolute Gasteiger partial charge is 0.253 e. The van der Waals surface area contributed by atoms with Gasteiger partial charge in [-0.1, -0.05) is 46.3 Å². The van der Waals surface area contributed by atoms with Crippen molar-refractivity contribution >= 4 is 27.5 Å². The van der Waals surface area contributed by atoms with E-state index in [4.69, 9.17) is 5.73 Å². The molecule has 2 aromatic carbocycles. The molecule has 0 heterocycles. The molecule has 0 aliphatic rings. The Morgan fingerprint density at radius 3 is 2.60 bits per heavy atom. The first-order valence-corrected chi connectivity index (χ1v) is 6.93. The SMILES string of the molecule is Nc1ccc(Br)cc1C(=O)N[C@@H](CO)c1ccccc1. The van der Waals surface area contributed by atoms with Crippen molar-refractivity contribution in [1.82, 2.24) is 5.32 Å². The van der Waals surface area contributed by atoms with Gasteiger partial charge in [-0.25, -0.2) is 0 Å². The second-order valence-electron chi connectivity index (χ2n) is 4.35. The molecule has 0 bridgehead atoms. The molecule has 0 aromatic heterocycles. The zero-order valence-electron chi connectivity index (χ0n) is 10.7. The minimum Gasteiger partial charge on any atom is -0.398 e. The molecule has 4 N–H and O–H groups in total. The number of hydrogen-bond donors (Lipinski definition) is 3. The fourth-order valence-corrected chi connectivity index (χ4v) is 2.24. The van der Waals surface area contributed by atoms with Gasteiger partial charge in [0.1, 0.15) is 0 Å². The van der Waals surface area contributed by atoms with Gasteiger partial charge in [-0.05, 0) is 23.8 Å². The molecule has 0 saturated heterocycles. The normalized spacial score (nSPS) is 11.9. The summed E-state index contributed by atoms with van der Waals surface area (Å²) in [7, 11) is 0. The van der Waals surface area contributed by atoms with Crippen LogP contribution in [-0.2, 0) is 0 Å².